The predicted octanol–water partition coefficient (Wildman–Crippen LogP) is 0.0960. The van der Waals surface area contributed by atoms with Gasteiger partial charge in [0.2, 0.25) is 5.91 Å². The van der Waals surface area contributed by atoms with E-state index < -0.39 is 0 Å². The number of carbonyl (C=O) groups is 4. The summed E-state index contributed by atoms with van der Waals surface area (Å²) in [6.45, 7) is 9.17. The normalized spacial score (nSPS) is 18.5. The minimum Gasteiger partial charge on any atom is -1.00 e. The van der Waals surface area contributed by atoms with E-state index in [1.807, 2.05) is 0 Å². The molecule has 0 aromatic carbocycles. The Morgan fingerprint density at radius 2 is 1.27 bits per heavy atom. The summed E-state index contributed by atoms with van der Waals surface area (Å²) in [6, 6.07) is 0. The second-order valence-corrected chi connectivity index (χ2v) is 10.7. The van der Waals surface area contributed by atoms with Crippen molar-refractivity contribution in [3.63, 3.8) is 0 Å². The number of Topliss-reactive ketones (excluding diaryl/α,β-unsaturated/α-hetero) is 3. The SMILES string of the molecule is CCCCNCCCC(=O)CCCCC(=O)NCC[N+]1(CCCC(=O)CCCCC(C)=O)CC(O)C1.[Cl-]. The van der Waals surface area contributed by atoms with Crippen LogP contribution in [0.15, 0.2) is 0 Å². The molecule has 8 nitrogen and oxygen atoms in total. The summed E-state index contributed by atoms with van der Waals surface area (Å²) in [5.74, 6) is 0.713. The lowest BCUT2D eigenvalue weighted by atomic mass is 10.0. The lowest BCUT2D eigenvalue weighted by Gasteiger charge is -2.48. The van der Waals surface area contributed by atoms with E-state index >= 15 is 0 Å². The summed E-state index contributed by atoms with van der Waals surface area (Å²) < 4.78 is 0.751. The molecule has 1 rings (SSSR count). The average molecular weight is 546 g/mol. The number of halogens is 1. The Balaban J connectivity index is 0.0000130. The first-order valence-corrected chi connectivity index (χ1v) is 14.3. The van der Waals surface area contributed by atoms with E-state index in [1.54, 1.807) is 6.92 Å². The number of aliphatic hydroxyl groups excluding tert-OH is 1. The number of hydrogen-bond acceptors (Lipinski definition) is 6. The number of carbonyl (C=O) groups excluding carboxylic acids is 4. The third-order valence-electron chi connectivity index (χ3n) is 7.05. The number of hydrogen-bond donors (Lipinski definition) is 3. The molecule has 3 N–H and O–H groups in total. The fourth-order valence-electron chi connectivity index (χ4n) is 4.84. The zero-order valence-corrected chi connectivity index (χ0v) is 24.1. The lowest BCUT2D eigenvalue weighted by molar-refractivity contribution is -0.971. The average Bonchev–Trinajstić information content (AvgIpc) is 2.80. The summed E-state index contributed by atoms with van der Waals surface area (Å²) in [4.78, 5) is 47.2. The molecule has 0 atom stereocenters. The van der Waals surface area contributed by atoms with Crippen LogP contribution < -0.4 is 23.0 Å². The molecule has 1 aliphatic heterocycles. The highest BCUT2D eigenvalue weighted by atomic mass is 35.5. The van der Waals surface area contributed by atoms with E-state index in [1.165, 1.54) is 12.8 Å². The zero-order valence-electron chi connectivity index (χ0n) is 23.3. The predicted molar refractivity (Wildman–Crippen MR) is 143 cm³/mol. The number of nitrogens with one attached hydrogen (secondary N) is 2. The van der Waals surface area contributed by atoms with Gasteiger partial charge < -0.3 is 37.4 Å². The Hall–Kier alpha value is -1.35. The van der Waals surface area contributed by atoms with Crippen molar-refractivity contribution in [2.75, 3.05) is 45.8 Å². The van der Waals surface area contributed by atoms with E-state index in [0.717, 1.165) is 69.2 Å². The second-order valence-electron chi connectivity index (χ2n) is 10.7. The maximum atomic E-state index is 12.2. The number of unbranched alkanes of at least 4 members (excludes halogenated alkanes) is 3. The van der Waals surface area contributed by atoms with Crippen LogP contribution in [0.3, 0.4) is 0 Å². The van der Waals surface area contributed by atoms with Crippen molar-refractivity contribution in [2.45, 2.75) is 110 Å². The third kappa shape index (κ3) is 18.5. The van der Waals surface area contributed by atoms with Crippen LogP contribution in [0.5, 0.6) is 0 Å². The second kappa shape index (κ2) is 21.6. The molecule has 1 amide bonds. The van der Waals surface area contributed by atoms with Gasteiger partial charge in [-0.1, -0.05) is 13.3 Å². The van der Waals surface area contributed by atoms with Crippen molar-refractivity contribution >= 4 is 23.3 Å². The molecule has 1 fully saturated rings. The molecule has 1 heterocycles. The van der Waals surface area contributed by atoms with Crippen LogP contribution in [0, 0.1) is 0 Å². The first kappa shape index (κ1) is 35.6. The van der Waals surface area contributed by atoms with Crippen molar-refractivity contribution in [1.82, 2.24) is 10.6 Å². The highest BCUT2D eigenvalue weighted by Crippen LogP contribution is 2.21. The van der Waals surface area contributed by atoms with Crippen molar-refractivity contribution in [2.24, 2.45) is 0 Å². The molecule has 0 spiro atoms. The molecular weight excluding hydrogens is 494 g/mol. The molecule has 1 aliphatic rings. The topological polar surface area (TPSA) is 113 Å². The van der Waals surface area contributed by atoms with Crippen molar-refractivity contribution in [3.8, 4) is 0 Å². The molecule has 0 aromatic heterocycles. The van der Waals surface area contributed by atoms with Gasteiger partial charge in [-0.2, -0.15) is 0 Å². The molecule has 0 unspecified atom stereocenters. The van der Waals surface area contributed by atoms with Crippen LogP contribution in [0.1, 0.15) is 104 Å². The summed E-state index contributed by atoms with van der Waals surface area (Å²) in [7, 11) is 0. The van der Waals surface area contributed by atoms with Gasteiger partial charge in [-0.25, -0.2) is 0 Å². The first-order chi connectivity index (χ1) is 17.3. The smallest absolute Gasteiger partial charge is 0.220 e. The van der Waals surface area contributed by atoms with E-state index in [0.29, 0.717) is 58.2 Å². The van der Waals surface area contributed by atoms with Gasteiger partial charge in [-0.3, -0.25) is 14.4 Å². The van der Waals surface area contributed by atoms with Gasteiger partial charge in [0.1, 0.15) is 30.4 Å². The molecule has 0 aliphatic carbocycles. The number of likely N-dealkylation sites (tertiary alicyclic amines) is 1. The molecule has 0 radical (unpaired) electrons. The van der Waals surface area contributed by atoms with Crippen LogP contribution in [0.25, 0.3) is 0 Å². The van der Waals surface area contributed by atoms with Crippen LogP contribution in [-0.2, 0) is 19.2 Å². The van der Waals surface area contributed by atoms with Gasteiger partial charge in [0, 0.05) is 44.9 Å². The molecule has 0 bridgehead atoms. The van der Waals surface area contributed by atoms with Gasteiger partial charge in [0.05, 0.1) is 19.6 Å². The maximum Gasteiger partial charge on any atom is 0.220 e. The Morgan fingerprint density at radius 1 is 0.730 bits per heavy atom. The Kier molecular flexibility index (Phi) is 20.8. The van der Waals surface area contributed by atoms with Gasteiger partial charge in [-0.15, -0.1) is 0 Å². The number of quaternary nitrogens is 1. The van der Waals surface area contributed by atoms with Crippen LogP contribution >= 0.6 is 0 Å². The molecule has 216 valence electrons. The van der Waals surface area contributed by atoms with E-state index in [2.05, 4.69) is 17.6 Å². The third-order valence-corrected chi connectivity index (χ3v) is 7.05. The molecule has 1 saturated heterocycles. The minimum atomic E-state index is -0.298. The molecule has 9 heteroatoms. The monoisotopic (exact) mass is 545 g/mol. The Morgan fingerprint density at radius 3 is 1.86 bits per heavy atom. The minimum absolute atomic E-state index is 0. The zero-order chi connectivity index (χ0) is 26.7. The maximum absolute atomic E-state index is 12.2. The van der Waals surface area contributed by atoms with Gasteiger partial charge in [0.25, 0.3) is 0 Å². The molecule has 0 saturated carbocycles. The van der Waals surface area contributed by atoms with E-state index in [9.17, 15) is 24.3 Å². The quantitative estimate of drug-likeness (QED) is 0.117. The number of nitrogens with zero attached hydrogens (tertiary/aromatic N) is 1. The number of ketones is 3. The molecule has 37 heavy (non-hydrogen) atoms. The first-order valence-electron chi connectivity index (χ1n) is 14.3. The molecular formula is C28H52ClN3O5. The summed E-state index contributed by atoms with van der Waals surface area (Å²) in [5, 5.41) is 16.2. The lowest BCUT2D eigenvalue weighted by Crippen LogP contribution is -3.00. The fraction of sp³-hybridized carbons (Fsp3) is 0.857. The van der Waals surface area contributed by atoms with Gasteiger partial charge in [-0.05, 0) is 58.5 Å². The van der Waals surface area contributed by atoms with Crippen LogP contribution in [-0.4, -0.2) is 84.8 Å². The summed E-state index contributed by atoms with van der Waals surface area (Å²) in [6.07, 6.45) is 9.97. The number of amides is 1. The Bertz CT molecular complexity index is 668. The summed E-state index contributed by atoms with van der Waals surface area (Å²) >= 11 is 0. The largest absolute Gasteiger partial charge is 1.00 e. The summed E-state index contributed by atoms with van der Waals surface area (Å²) in [5.41, 5.74) is 0. The van der Waals surface area contributed by atoms with Crippen LogP contribution in [0.2, 0.25) is 0 Å². The van der Waals surface area contributed by atoms with Gasteiger partial charge >= 0.3 is 0 Å². The number of aliphatic hydroxyl groups is 1. The van der Waals surface area contributed by atoms with Crippen molar-refractivity contribution in [1.29, 1.82) is 0 Å². The highest BCUT2D eigenvalue weighted by Gasteiger charge is 2.42. The van der Waals surface area contributed by atoms with Crippen molar-refractivity contribution < 1.29 is 41.2 Å². The number of rotatable bonds is 24. The Labute approximate surface area is 230 Å². The van der Waals surface area contributed by atoms with Gasteiger partial charge in [0.15, 0.2) is 6.10 Å². The van der Waals surface area contributed by atoms with Crippen LogP contribution in [0.4, 0.5) is 0 Å². The standard InChI is InChI=1S/C28H51N3O5.ClH/c1-3-4-17-29-18-9-14-25(33)13-7-8-16-28(36)30-19-21-31(22-27(35)23-31)20-10-15-26(34)12-6-5-11-24(2)32;/h27,29,35H,3-23H2,1-2H3;1H. The molecule has 0 aromatic rings. The fourth-order valence-corrected chi connectivity index (χ4v) is 4.84. The highest BCUT2D eigenvalue weighted by molar-refractivity contribution is 5.79. The van der Waals surface area contributed by atoms with E-state index in [4.69, 9.17) is 0 Å². The van der Waals surface area contributed by atoms with Crippen molar-refractivity contribution in [3.05, 3.63) is 0 Å². The van der Waals surface area contributed by atoms with E-state index in [-0.39, 0.29) is 41.8 Å².